The number of methoxy groups -OCH3 is 2. The molecule has 3 aromatic rings. The third-order valence-corrected chi connectivity index (χ3v) is 5.55. The number of rotatable bonds is 5. The van der Waals surface area contributed by atoms with Crippen molar-refractivity contribution in [3.05, 3.63) is 59.4 Å². The maximum absolute atomic E-state index is 13.2. The van der Waals surface area contributed by atoms with E-state index in [2.05, 4.69) is 41.1 Å². The zero-order valence-corrected chi connectivity index (χ0v) is 17.7. The van der Waals surface area contributed by atoms with Crippen LogP contribution in [0.2, 0.25) is 0 Å². The molecule has 2 aromatic carbocycles. The Bertz CT molecular complexity index is 1050. The Morgan fingerprint density at radius 2 is 1.83 bits per heavy atom. The van der Waals surface area contributed by atoms with Crippen LogP contribution < -0.4 is 14.8 Å². The average Bonchev–Trinajstić information content (AvgIpc) is 2.95. The van der Waals surface area contributed by atoms with E-state index in [4.69, 9.17) is 14.5 Å². The molecule has 6 heteroatoms. The van der Waals surface area contributed by atoms with E-state index in [-0.39, 0.29) is 5.91 Å². The number of benzene rings is 2. The second-order valence-electron chi connectivity index (χ2n) is 7.58. The summed E-state index contributed by atoms with van der Waals surface area (Å²) < 4.78 is 12.9. The number of hydrogen-bond donors (Lipinski definition) is 1. The van der Waals surface area contributed by atoms with Crippen LogP contribution in [-0.4, -0.2) is 29.7 Å². The molecular weight excluding hydrogens is 378 g/mol. The molecule has 1 aliphatic rings. The Balaban J connectivity index is 1.72. The molecule has 2 heterocycles. The number of nitrogens with zero attached hydrogens (tertiary/aromatic N) is 2. The highest BCUT2D eigenvalue weighted by Gasteiger charge is 2.25. The third kappa shape index (κ3) is 3.90. The van der Waals surface area contributed by atoms with Gasteiger partial charge in [-0.3, -0.25) is 4.79 Å². The smallest absolute Gasteiger partial charge is 0.276 e. The summed E-state index contributed by atoms with van der Waals surface area (Å²) in [6.07, 6.45) is 4.16. The number of imidazole rings is 1. The Hall–Kier alpha value is -3.28. The highest BCUT2D eigenvalue weighted by molar-refractivity contribution is 6.05. The number of ether oxygens (including phenoxy) is 2. The number of anilines is 1. The van der Waals surface area contributed by atoms with Crippen LogP contribution in [0.25, 0.3) is 11.4 Å². The minimum Gasteiger partial charge on any atom is -0.497 e. The largest absolute Gasteiger partial charge is 0.497 e. The van der Waals surface area contributed by atoms with Gasteiger partial charge < -0.3 is 19.4 Å². The Labute approximate surface area is 176 Å². The zero-order valence-electron chi connectivity index (χ0n) is 17.7. The molecule has 0 aliphatic carbocycles. The molecule has 0 fully saturated rings. The van der Waals surface area contributed by atoms with Crippen LogP contribution in [0, 0.1) is 6.92 Å². The molecule has 1 N–H and O–H groups in total. The summed E-state index contributed by atoms with van der Waals surface area (Å²) in [4.78, 5) is 18.1. The molecule has 0 atom stereocenters. The minimum absolute atomic E-state index is 0.220. The number of carbonyl (C=O) groups is 1. The second kappa shape index (κ2) is 8.61. The van der Waals surface area contributed by atoms with Gasteiger partial charge in [0.1, 0.15) is 23.0 Å². The summed E-state index contributed by atoms with van der Waals surface area (Å²) in [6, 6.07) is 13.6. The molecule has 0 bridgehead atoms. The van der Waals surface area contributed by atoms with E-state index in [1.54, 1.807) is 32.4 Å². The molecule has 0 saturated carbocycles. The van der Waals surface area contributed by atoms with Crippen molar-refractivity contribution >= 4 is 11.6 Å². The van der Waals surface area contributed by atoms with Gasteiger partial charge >= 0.3 is 0 Å². The lowest BCUT2D eigenvalue weighted by Crippen LogP contribution is -2.16. The van der Waals surface area contributed by atoms with Gasteiger partial charge in [0.2, 0.25) is 0 Å². The van der Waals surface area contributed by atoms with E-state index >= 15 is 0 Å². The Kier molecular flexibility index (Phi) is 5.74. The van der Waals surface area contributed by atoms with Crippen LogP contribution in [0.1, 0.15) is 41.0 Å². The molecule has 0 radical (unpaired) electrons. The maximum atomic E-state index is 13.2. The number of aromatic nitrogens is 2. The molecule has 0 saturated heterocycles. The van der Waals surface area contributed by atoms with Crippen molar-refractivity contribution in [1.82, 2.24) is 9.55 Å². The summed E-state index contributed by atoms with van der Waals surface area (Å²) in [6.45, 7) is 2.95. The lowest BCUT2D eigenvalue weighted by Gasteiger charge is -2.12. The summed E-state index contributed by atoms with van der Waals surface area (Å²) >= 11 is 0. The highest BCUT2D eigenvalue weighted by atomic mass is 16.5. The van der Waals surface area contributed by atoms with Crippen LogP contribution >= 0.6 is 0 Å². The molecule has 30 heavy (non-hydrogen) atoms. The van der Waals surface area contributed by atoms with Gasteiger partial charge in [-0.1, -0.05) is 36.2 Å². The number of carbonyl (C=O) groups excluding carboxylic acids is 1. The van der Waals surface area contributed by atoms with E-state index in [0.29, 0.717) is 22.9 Å². The standard InChI is InChI=1S/C24H27N3O3/c1-16-8-10-17(11-9-16)23-26-22(20-7-5-4-6-14-27(20)23)24(28)25-19-13-12-18(29-2)15-21(19)30-3/h8-13,15H,4-7,14H2,1-3H3,(H,25,28). The normalized spacial score (nSPS) is 13.3. The van der Waals surface area contributed by atoms with Crippen molar-refractivity contribution in [3.8, 4) is 22.9 Å². The van der Waals surface area contributed by atoms with Gasteiger partial charge in [-0.2, -0.15) is 0 Å². The molecule has 0 unspecified atom stereocenters. The average molecular weight is 405 g/mol. The van der Waals surface area contributed by atoms with E-state index in [1.165, 1.54) is 5.56 Å². The van der Waals surface area contributed by atoms with Gasteiger partial charge in [-0.05, 0) is 38.3 Å². The van der Waals surface area contributed by atoms with Crippen LogP contribution in [0.3, 0.4) is 0 Å². The summed E-state index contributed by atoms with van der Waals surface area (Å²) in [5, 5.41) is 2.98. The van der Waals surface area contributed by atoms with Crippen LogP contribution in [0.15, 0.2) is 42.5 Å². The lowest BCUT2D eigenvalue weighted by atomic mass is 10.1. The fourth-order valence-corrected chi connectivity index (χ4v) is 3.91. The zero-order chi connectivity index (χ0) is 21.1. The number of nitrogens with one attached hydrogen (secondary N) is 1. The molecule has 4 rings (SSSR count). The van der Waals surface area contributed by atoms with E-state index in [9.17, 15) is 4.79 Å². The Morgan fingerprint density at radius 3 is 2.57 bits per heavy atom. The number of aryl methyl sites for hydroxylation is 1. The van der Waals surface area contributed by atoms with E-state index in [0.717, 1.165) is 49.3 Å². The summed E-state index contributed by atoms with van der Waals surface area (Å²) in [5.41, 5.74) is 4.32. The molecule has 6 nitrogen and oxygen atoms in total. The van der Waals surface area contributed by atoms with Crippen LogP contribution in [0.4, 0.5) is 5.69 Å². The lowest BCUT2D eigenvalue weighted by molar-refractivity contribution is 0.102. The predicted molar refractivity (Wildman–Crippen MR) is 117 cm³/mol. The van der Waals surface area contributed by atoms with Crippen LogP contribution in [0.5, 0.6) is 11.5 Å². The summed E-state index contributed by atoms with van der Waals surface area (Å²) in [5.74, 6) is 1.86. The maximum Gasteiger partial charge on any atom is 0.276 e. The first-order valence-corrected chi connectivity index (χ1v) is 10.3. The Morgan fingerprint density at radius 1 is 1.03 bits per heavy atom. The third-order valence-electron chi connectivity index (χ3n) is 5.55. The topological polar surface area (TPSA) is 65.4 Å². The molecule has 1 aliphatic heterocycles. The van der Waals surface area contributed by atoms with Crippen molar-refractivity contribution in [2.75, 3.05) is 19.5 Å². The van der Waals surface area contributed by atoms with Gasteiger partial charge in [0.05, 0.1) is 25.6 Å². The van der Waals surface area contributed by atoms with Gasteiger partial charge in [0, 0.05) is 18.2 Å². The van der Waals surface area contributed by atoms with Gasteiger partial charge in [0.15, 0.2) is 0 Å². The van der Waals surface area contributed by atoms with Crippen molar-refractivity contribution in [3.63, 3.8) is 0 Å². The first-order chi connectivity index (χ1) is 14.6. The van der Waals surface area contributed by atoms with Gasteiger partial charge in [-0.25, -0.2) is 4.98 Å². The first kappa shape index (κ1) is 20.0. The van der Waals surface area contributed by atoms with Crippen molar-refractivity contribution < 1.29 is 14.3 Å². The number of hydrogen-bond acceptors (Lipinski definition) is 4. The molecule has 156 valence electrons. The number of amides is 1. The predicted octanol–water partition coefficient (Wildman–Crippen LogP) is 4.85. The van der Waals surface area contributed by atoms with Crippen molar-refractivity contribution in [2.45, 2.75) is 39.2 Å². The number of fused-ring (bicyclic) bond motifs is 1. The van der Waals surface area contributed by atoms with Gasteiger partial charge in [-0.15, -0.1) is 0 Å². The fraction of sp³-hybridized carbons (Fsp3) is 0.333. The van der Waals surface area contributed by atoms with E-state index < -0.39 is 0 Å². The van der Waals surface area contributed by atoms with Crippen molar-refractivity contribution in [1.29, 1.82) is 0 Å². The summed E-state index contributed by atoms with van der Waals surface area (Å²) in [7, 11) is 3.17. The minimum atomic E-state index is -0.220. The SMILES string of the molecule is COc1ccc(NC(=O)c2nc(-c3ccc(C)cc3)n3c2CCCCC3)c(OC)c1. The molecular formula is C24H27N3O3. The molecule has 1 amide bonds. The quantitative estimate of drug-likeness (QED) is 0.659. The second-order valence-corrected chi connectivity index (χ2v) is 7.58. The monoisotopic (exact) mass is 405 g/mol. The van der Waals surface area contributed by atoms with Gasteiger partial charge in [0.25, 0.3) is 5.91 Å². The van der Waals surface area contributed by atoms with E-state index in [1.807, 2.05) is 0 Å². The first-order valence-electron chi connectivity index (χ1n) is 10.3. The highest BCUT2D eigenvalue weighted by Crippen LogP contribution is 2.31. The van der Waals surface area contributed by atoms with Crippen LogP contribution in [-0.2, 0) is 13.0 Å². The molecule has 0 spiro atoms. The molecule has 1 aromatic heterocycles. The fourth-order valence-electron chi connectivity index (χ4n) is 3.91. The van der Waals surface area contributed by atoms with Crippen molar-refractivity contribution in [2.24, 2.45) is 0 Å².